The highest BCUT2D eigenvalue weighted by Gasteiger charge is 2.25. The van der Waals surface area contributed by atoms with Crippen LogP contribution >= 0.6 is 11.8 Å². The van der Waals surface area contributed by atoms with E-state index in [1.165, 1.54) is 18.6 Å². The highest BCUT2D eigenvalue weighted by atomic mass is 32.2. The van der Waals surface area contributed by atoms with Gasteiger partial charge < -0.3 is 5.32 Å². The van der Waals surface area contributed by atoms with Crippen LogP contribution in [0.15, 0.2) is 12.1 Å². The summed E-state index contributed by atoms with van der Waals surface area (Å²) in [6.45, 7) is 0. The van der Waals surface area contributed by atoms with Crippen molar-refractivity contribution in [1.82, 2.24) is 0 Å². The Kier molecular flexibility index (Phi) is 4.65. The number of benzene rings is 1. The predicted molar refractivity (Wildman–Crippen MR) is 74.3 cm³/mol. The topological polar surface area (TPSA) is 35.8 Å². The smallest absolute Gasteiger partial charge is 0.183 e. The van der Waals surface area contributed by atoms with Crippen molar-refractivity contribution in [3.8, 4) is 6.07 Å². The highest BCUT2D eigenvalue weighted by Crippen LogP contribution is 2.31. The van der Waals surface area contributed by atoms with Gasteiger partial charge in [0, 0.05) is 11.3 Å². The van der Waals surface area contributed by atoms with Gasteiger partial charge in [0.2, 0.25) is 0 Å². The fourth-order valence-electron chi connectivity index (χ4n) is 2.49. The molecular formula is C14H16F2N2S. The van der Waals surface area contributed by atoms with E-state index in [0.29, 0.717) is 5.25 Å². The summed E-state index contributed by atoms with van der Waals surface area (Å²) in [4.78, 5) is 0. The van der Waals surface area contributed by atoms with Crippen LogP contribution in [0.1, 0.15) is 31.2 Å². The Labute approximate surface area is 116 Å². The van der Waals surface area contributed by atoms with Crippen LogP contribution in [-0.4, -0.2) is 17.5 Å². The number of rotatable bonds is 3. The van der Waals surface area contributed by atoms with Gasteiger partial charge in [-0.15, -0.1) is 0 Å². The minimum absolute atomic E-state index is 0.155. The van der Waals surface area contributed by atoms with E-state index in [1.807, 2.05) is 6.26 Å². The molecule has 1 aromatic carbocycles. The van der Waals surface area contributed by atoms with E-state index in [1.54, 1.807) is 17.8 Å². The van der Waals surface area contributed by atoms with Crippen molar-refractivity contribution in [3.05, 3.63) is 29.3 Å². The molecule has 19 heavy (non-hydrogen) atoms. The van der Waals surface area contributed by atoms with Crippen molar-refractivity contribution in [2.24, 2.45) is 0 Å². The number of nitrogens with one attached hydrogen (secondary N) is 1. The molecule has 0 saturated heterocycles. The van der Waals surface area contributed by atoms with Crippen LogP contribution in [0.5, 0.6) is 0 Å². The minimum Gasteiger partial charge on any atom is -0.379 e. The van der Waals surface area contributed by atoms with Crippen molar-refractivity contribution in [2.45, 2.75) is 37.0 Å². The quantitative estimate of drug-likeness (QED) is 0.912. The second kappa shape index (κ2) is 6.25. The van der Waals surface area contributed by atoms with E-state index in [4.69, 9.17) is 5.26 Å². The van der Waals surface area contributed by atoms with Gasteiger partial charge in [-0.25, -0.2) is 8.78 Å². The summed E-state index contributed by atoms with van der Waals surface area (Å²) in [5.74, 6) is -2.02. The molecule has 1 fully saturated rings. The zero-order valence-electron chi connectivity index (χ0n) is 10.7. The first kappa shape index (κ1) is 14.1. The third kappa shape index (κ3) is 3.01. The van der Waals surface area contributed by atoms with Crippen molar-refractivity contribution in [1.29, 1.82) is 5.26 Å². The van der Waals surface area contributed by atoms with Gasteiger partial charge in [0.25, 0.3) is 0 Å². The summed E-state index contributed by atoms with van der Waals surface area (Å²) >= 11 is 1.76. The molecule has 0 heterocycles. The number of halogens is 2. The molecule has 0 aliphatic heterocycles. The van der Waals surface area contributed by atoms with E-state index >= 15 is 0 Å². The Balaban J connectivity index is 2.19. The third-order valence-corrected chi connectivity index (χ3v) is 4.72. The van der Waals surface area contributed by atoms with Crippen LogP contribution in [0.3, 0.4) is 0 Å². The number of hydrogen-bond acceptors (Lipinski definition) is 3. The van der Waals surface area contributed by atoms with Gasteiger partial charge in [-0.05, 0) is 31.2 Å². The highest BCUT2D eigenvalue weighted by molar-refractivity contribution is 7.99. The van der Waals surface area contributed by atoms with Gasteiger partial charge in [0.15, 0.2) is 11.6 Å². The van der Waals surface area contributed by atoms with E-state index in [9.17, 15) is 8.78 Å². The Hall–Kier alpha value is -1.28. The molecule has 1 aromatic rings. The SMILES string of the molecule is CSC1CCCCC1Nc1ccc(C#N)c(F)c1F. The minimum atomic E-state index is -1.07. The average Bonchev–Trinajstić information content (AvgIpc) is 2.45. The molecule has 1 aliphatic rings. The lowest BCUT2D eigenvalue weighted by Gasteiger charge is -2.31. The molecule has 102 valence electrons. The maximum Gasteiger partial charge on any atom is 0.183 e. The van der Waals surface area contributed by atoms with Crippen molar-refractivity contribution in [2.75, 3.05) is 11.6 Å². The molecule has 5 heteroatoms. The van der Waals surface area contributed by atoms with E-state index < -0.39 is 11.6 Å². The molecule has 2 rings (SSSR count). The molecule has 2 atom stereocenters. The fraction of sp³-hybridized carbons (Fsp3) is 0.500. The first-order chi connectivity index (χ1) is 9.17. The monoisotopic (exact) mass is 282 g/mol. The summed E-state index contributed by atoms with van der Waals surface area (Å²) in [6, 6.07) is 4.56. The Morgan fingerprint density at radius 3 is 2.68 bits per heavy atom. The Morgan fingerprint density at radius 1 is 1.26 bits per heavy atom. The second-order valence-corrected chi connectivity index (χ2v) is 5.79. The lowest BCUT2D eigenvalue weighted by atomic mass is 9.94. The summed E-state index contributed by atoms with van der Waals surface area (Å²) in [5.41, 5.74) is -0.101. The van der Waals surface area contributed by atoms with Crippen molar-refractivity contribution < 1.29 is 8.78 Å². The molecule has 1 saturated carbocycles. The second-order valence-electron chi connectivity index (χ2n) is 4.71. The average molecular weight is 282 g/mol. The number of thioether (sulfide) groups is 1. The van der Waals surface area contributed by atoms with Crippen LogP contribution in [0, 0.1) is 23.0 Å². The summed E-state index contributed by atoms with van der Waals surface area (Å²) < 4.78 is 27.4. The predicted octanol–water partition coefficient (Wildman–Crippen LogP) is 3.92. The molecule has 0 spiro atoms. The first-order valence-corrected chi connectivity index (χ1v) is 7.63. The third-order valence-electron chi connectivity index (χ3n) is 3.55. The summed E-state index contributed by atoms with van der Waals surface area (Å²) in [7, 11) is 0. The molecule has 0 bridgehead atoms. The van der Waals surface area contributed by atoms with E-state index in [-0.39, 0.29) is 17.3 Å². The first-order valence-electron chi connectivity index (χ1n) is 6.34. The van der Waals surface area contributed by atoms with E-state index in [2.05, 4.69) is 5.32 Å². The van der Waals surface area contributed by atoms with Crippen LogP contribution < -0.4 is 5.32 Å². The molecule has 1 aliphatic carbocycles. The van der Waals surface area contributed by atoms with Crippen LogP contribution in [0.4, 0.5) is 14.5 Å². The van der Waals surface area contributed by atoms with Gasteiger partial charge in [-0.1, -0.05) is 12.8 Å². The van der Waals surface area contributed by atoms with Crippen LogP contribution in [-0.2, 0) is 0 Å². The Bertz CT molecular complexity index is 499. The lowest BCUT2D eigenvalue weighted by molar-refractivity contribution is 0.468. The molecule has 2 unspecified atom stereocenters. The molecule has 0 amide bonds. The largest absolute Gasteiger partial charge is 0.379 e. The maximum absolute atomic E-state index is 13.8. The van der Waals surface area contributed by atoms with Crippen LogP contribution in [0.2, 0.25) is 0 Å². The Morgan fingerprint density at radius 2 is 2.00 bits per heavy atom. The van der Waals surface area contributed by atoms with Gasteiger partial charge >= 0.3 is 0 Å². The van der Waals surface area contributed by atoms with Crippen LogP contribution in [0.25, 0.3) is 0 Å². The lowest BCUT2D eigenvalue weighted by Crippen LogP contribution is -2.34. The molecule has 0 aromatic heterocycles. The zero-order valence-corrected chi connectivity index (χ0v) is 11.6. The zero-order chi connectivity index (χ0) is 13.8. The summed E-state index contributed by atoms with van der Waals surface area (Å²) in [5, 5.41) is 12.2. The normalized spacial score (nSPS) is 22.8. The molecule has 2 nitrogen and oxygen atoms in total. The van der Waals surface area contributed by atoms with Crippen molar-refractivity contribution in [3.63, 3.8) is 0 Å². The number of anilines is 1. The number of nitrogens with zero attached hydrogens (tertiary/aromatic N) is 1. The van der Waals surface area contributed by atoms with Gasteiger partial charge in [0.1, 0.15) is 6.07 Å². The number of hydrogen-bond donors (Lipinski definition) is 1. The molecular weight excluding hydrogens is 266 g/mol. The molecule has 0 radical (unpaired) electrons. The standard InChI is InChI=1S/C14H16F2N2S/c1-19-12-5-3-2-4-10(12)18-11-7-6-9(8-17)13(15)14(11)16/h6-7,10,12,18H,2-5H2,1H3. The maximum atomic E-state index is 13.8. The van der Waals surface area contributed by atoms with E-state index in [0.717, 1.165) is 19.3 Å². The molecule has 1 N–H and O–H groups in total. The summed E-state index contributed by atoms with van der Waals surface area (Å²) in [6.07, 6.45) is 6.40. The van der Waals surface area contributed by atoms with Gasteiger partial charge in [-0.3, -0.25) is 0 Å². The van der Waals surface area contributed by atoms with Crippen molar-refractivity contribution >= 4 is 17.4 Å². The fourth-order valence-corrected chi connectivity index (χ4v) is 3.43. The van der Waals surface area contributed by atoms with Gasteiger partial charge in [-0.2, -0.15) is 17.0 Å². The van der Waals surface area contributed by atoms with Gasteiger partial charge in [0.05, 0.1) is 11.3 Å². The number of nitriles is 1.